The third kappa shape index (κ3) is 9.70. The van der Waals surface area contributed by atoms with Gasteiger partial charge in [0.15, 0.2) is 0 Å². The first-order valence-corrected chi connectivity index (χ1v) is 20.5. The molecule has 5 N–H and O–H groups in total. The lowest BCUT2D eigenvalue weighted by atomic mass is 9.77. The Morgan fingerprint density at radius 2 is 0.726 bits per heavy atom. The number of benzene rings is 7. The molecule has 9 nitrogen and oxygen atoms in total. The molecule has 0 unspecified atom stereocenters. The van der Waals surface area contributed by atoms with Crippen LogP contribution in [0.25, 0.3) is 0 Å². The lowest BCUT2D eigenvalue weighted by Gasteiger charge is -2.37. The van der Waals surface area contributed by atoms with Crippen molar-refractivity contribution in [3.8, 4) is 0 Å². The monoisotopic (exact) mass is 820 g/mol. The molecule has 9 heteroatoms. The highest BCUT2D eigenvalue weighted by molar-refractivity contribution is 5.94. The van der Waals surface area contributed by atoms with Crippen LogP contribution in [0.5, 0.6) is 0 Å². The summed E-state index contributed by atoms with van der Waals surface area (Å²) >= 11 is 0. The van der Waals surface area contributed by atoms with Gasteiger partial charge in [0.25, 0.3) is 0 Å². The fourth-order valence-corrected chi connectivity index (χ4v) is 7.86. The maximum atomic E-state index is 14.5. The third-order valence-corrected chi connectivity index (χ3v) is 10.9. The fraction of sp³-hybridized carbons (Fsp3) is 0.132. The molecule has 7 aromatic carbocycles. The molecule has 62 heavy (non-hydrogen) atoms. The van der Waals surface area contributed by atoms with Gasteiger partial charge in [-0.25, -0.2) is 4.79 Å². The highest BCUT2D eigenvalue weighted by Gasteiger charge is 2.41. The molecule has 0 bridgehead atoms. The standard InChI is InChI=1S/C53H48N4O5/c54-46(36-48(58)56-52(40-24-10-2-11-25-40,41-26-12-3-13-27-41)42-28-14-4-15-29-42)50(60)55-47(51(61)62-38-39-22-8-1-9-23-39)37-49(59)57-53(43-30-16-5-17-31-43,44-32-18-6-19-33-44)45-34-20-7-21-35-45/h1-35,46-47H,36-38,54H2,(H,55,60)(H,56,58)(H,57,59)/t46-,47+/m0/s1. The van der Waals surface area contributed by atoms with E-state index in [0.717, 1.165) is 38.9 Å². The number of hydrogen-bond acceptors (Lipinski definition) is 6. The molecular formula is C53H48N4O5. The van der Waals surface area contributed by atoms with Crippen LogP contribution in [0.2, 0.25) is 0 Å². The van der Waals surface area contributed by atoms with E-state index in [2.05, 4.69) is 16.0 Å². The van der Waals surface area contributed by atoms with Crippen molar-refractivity contribution in [3.63, 3.8) is 0 Å². The highest BCUT2D eigenvalue weighted by Crippen LogP contribution is 2.38. The van der Waals surface area contributed by atoms with Gasteiger partial charge in [-0.05, 0) is 38.9 Å². The summed E-state index contributed by atoms with van der Waals surface area (Å²) in [4.78, 5) is 56.6. The van der Waals surface area contributed by atoms with E-state index in [0.29, 0.717) is 0 Å². The van der Waals surface area contributed by atoms with Crippen molar-refractivity contribution in [2.75, 3.05) is 0 Å². The van der Waals surface area contributed by atoms with Crippen LogP contribution < -0.4 is 21.7 Å². The Morgan fingerprint density at radius 3 is 1.05 bits per heavy atom. The Balaban J connectivity index is 1.16. The van der Waals surface area contributed by atoms with E-state index >= 15 is 0 Å². The molecule has 0 aliphatic carbocycles. The number of ether oxygens (including phenoxy) is 1. The number of esters is 1. The van der Waals surface area contributed by atoms with Gasteiger partial charge in [0, 0.05) is 0 Å². The van der Waals surface area contributed by atoms with Gasteiger partial charge < -0.3 is 26.4 Å². The van der Waals surface area contributed by atoms with E-state index in [1.165, 1.54) is 0 Å². The predicted octanol–water partition coefficient (Wildman–Crippen LogP) is 7.54. The van der Waals surface area contributed by atoms with E-state index in [1.54, 1.807) is 12.1 Å². The zero-order valence-corrected chi connectivity index (χ0v) is 34.1. The molecule has 0 fully saturated rings. The number of rotatable bonds is 17. The summed E-state index contributed by atoms with van der Waals surface area (Å²) < 4.78 is 5.70. The molecule has 0 heterocycles. The average molecular weight is 821 g/mol. The van der Waals surface area contributed by atoms with Crippen LogP contribution in [0, 0.1) is 0 Å². The molecule has 0 saturated carbocycles. The molecule has 7 rings (SSSR count). The summed E-state index contributed by atoms with van der Waals surface area (Å²) in [6.07, 6.45) is -0.928. The molecular weight excluding hydrogens is 773 g/mol. The van der Waals surface area contributed by atoms with Crippen LogP contribution in [-0.4, -0.2) is 35.8 Å². The first-order chi connectivity index (χ1) is 30.3. The van der Waals surface area contributed by atoms with Gasteiger partial charge in [0.05, 0.1) is 18.9 Å². The smallest absolute Gasteiger partial charge is 0.329 e. The van der Waals surface area contributed by atoms with Gasteiger partial charge in [-0.1, -0.05) is 212 Å². The van der Waals surface area contributed by atoms with E-state index < -0.39 is 59.7 Å². The van der Waals surface area contributed by atoms with Gasteiger partial charge in [0.1, 0.15) is 23.7 Å². The molecule has 0 spiro atoms. The lowest BCUT2D eigenvalue weighted by Crippen LogP contribution is -2.54. The normalized spacial score (nSPS) is 12.3. The van der Waals surface area contributed by atoms with Gasteiger partial charge in [-0.15, -0.1) is 0 Å². The quantitative estimate of drug-likeness (QED) is 0.0554. The highest BCUT2D eigenvalue weighted by atomic mass is 16.5. The van der Waals surface area contributed by atoms with E-state index in [-0.39, 0.29) is 6.61 Å². The Hall–Kier alpha value is -7.62. The summed E-state index contributed by atoms with van der Waals surface area (Å²) in [6, 6.07) is 63.6. The van der Waals surface area contributed by atoms with Crippen LogP contribution in [0.15, 0.2) is 212 Å². The molecule has 0 aromatic heterocycles. The summed E-state index contributed by atoms with van der Waals surface area (Å²) in [5.74, 6) is -2.70. The number of hydrogen-bond donors (Lipinski definition) is 4. The topological polar surface area (TPSA) is 140 Å². The number of carbonyl (C=O) groups is 4. The maximum absolute atomic E-state index is 14.5. The molecule has 310 valence electrons. The Morgan fingerprint density at radius 1 is 0.435 bits per heavy atom. The van der Waals surface area contributed by atoms with E-state index in [4.69, 9.17) is 10.5 Å². The zero-order valence-electron chi connectivity index (χ0n) is 34.1. The maximum Gasteiger partial charge on any atom is 0.329 e. The first-order valence-electron chi connectivity index (χ1n) is 20.5. The second-order valence-corrected chi connectivity index (χ2v) is 15.0. The molecule has 0 saturated heterocycles. The summed E-state index contributed by atoms with van der Waals surface area (Å²) in [7, 11) is 0. The van der Waals surface area contributed by atoms with Crippen molar-refractivity contribution >= 4 is 23.7 Å². The molecule has 0 radical (unpaired) electrons. The predicted molar refractivity (Wildman–Crippen MR) is 240 cm³/mol. The summed E-state index contributed by atoms with van der Waals surface area (Å²) in [5, 5.41) is 9.15. The minimum atomic E-state index is -1.46. The molecule has 7 aromatic rings. The molecule has 0 aliphatic heterocycles. The Kier molecular flexibility index (Phi) is 13.8. The van der Waals surface area contributed by atoms with Crippen LogP contribution in [0.1, 0.15) is 51.8 Å². The van der Waals surface area contributed by atoms with Crippen LogP contribution >= 0.6 is 0 Å². The Bertz CT molecular complexity index is 2330. The molecule has 3 amide bonds. The van der Waals surface area contributed by atoms with Gasteiger partial charge in [-0.2, -0.15) is 0 Å². The van der Waals surface area contributed by atoms with Crippen LogP contribution in [-0.2, 0) is 41.6 Å². The van der Waals surface area contributed by atoms with Crippen LogP contribution in [0.4, 0.5) is 0 Å². The van der Waals surface area contributed by atoms with Crippen molar-refractivity contribution < 1.29 is 23.9 Å². The largest absolute Gasteiger partial charge is 0.459 e. The van der Waals surface area contributed by atoms with Gasteiger partial charge in [0.2, 0.25) is 17.7 Å². The molecule has 2 atom stereocenters. The van der Waals surface area contributed by atoms with Crippen molar-refractivity contribution in [1.82, 2.24) is 16.0 Å². The van der Waals surface area contributed by atoms with Gasteiger partial charge >= 0.3 is 5.97 Å². The SMILES string of the molecule is N[C@@H](CC(=O)NC(c1ccccc1)(c1ccccc1)c1ccccc1)C(=O)N[C@H](CC(=O)NC(c1ccccc1)(c1ccccc1)c1ccccc1)C(=O)OCc1ccccc1. The van der Waals surface area contributed by atoms with Crippen molar-refractivity contribution in [3.05, 3.63) is 251 Å². The first kappa shape index (κ1) is 42.5. The lowest BCUT2D eigenvalue weighted by molar-refractivity contribution is -0.150. The number of amides is 3. The van der Waals surface area contributed by atoms with Crippen molar-refractivity contribution in [1.29, 1.82) is 0 Å². The van der Waals surface area contributed by atoms with Crippen LogP contribution in [0.3, 0.4) is 0 Å². The minimum absolute atomic E-state index is 0.0926. The van der Waals surface area contributed by atoms with E-state index in [9.17, 15) is 19.2 Å². The summed E-state index contributed by atoms with van der Waals surface area (Å²) in [6.45, 7) is -0.0926. The fourth-order valence-electron chi connectivity index (χ4n) is 7.86. The summed E-state index contributed by atoms with van der Waals surface area (Å²) in [5.41, 5.74) is 9.65. The average Bonchev–Trinajstić information content (AvgIpc) is 3.33. The van der Waals surface area contributed by atoms with Gasteiger partial charge in [-0.3, -0.25) is 14.4 Å². The van der Waals surface area contributed by atoms with Crippen molar-refractivity contribution in [2.45, 2.75) is 42.6 Å². The third-order valence-electron chi connectivity index (χ3n) is 10.9. The second kappa shape index (κ2) is 20.1. The van der Waals surface area contributed by atoms with E-state index in [1.807, 2.05) is 200 Å². The van der Waals surface area contributed by atoms with Crippen molar-refractivity contribution in [2.24, 2.45) is 5.73 Å². The Labute approximate surface area is 362 Å². The number of nitrogens with one attached hydrogen (secondary N) is 3. The minimum Gasteiger partial charge on any atom is -0.459 e. The zero-order chi connectivity index (χ0) is 43.2. The second-order valence-electron chi connectivity index (χ2n) is 15.0. The molecule has 0 aliphatic rings. The number of carbonyl (C=O) groups excluding carboxylic acids is 4. The number of nitrogens with two attached hydrogens (primary N) is 1.